The van der Waals surface area contributed by atoms with Gasteiger partial charge in [-0.05, 0) is 30.2 Å². The summed E-state index contributed by atoms with van der Waals surface area (Å²) in [6.45, 7) is 4.62. The number of hydrogen-bond acceptors (Lipinski definition) is 0. The molecule has 0 spiro atoms. The van der Waals surface area contributed by atoms with E-state index in [4.69, 9.17) is 0 Å². The Balaban J connectivity index is 3.01. The molecular weight excluding hydrogens is 344 g/mol. The van der Waals surface area contributed by atoms with Gasteiger partial charge in [-0.3, -0.25) is 0 Å². The van der Waals surface area contributed by atoms with Gasteiger partial charge in [0.2, 0.25) is 0 Å². The van der Waals surface area contributed by atoms with E-state index in [2.05, 4.69) is 20.1 Å². The molecule has 0 rings (SSSR count). The van der Waals surface area contributed by atoms with Gasteiger partial charge in [0.05, 0.1) is 6.26 Å². The van der Waals surface area contributed by atoms with Crippen molar-refractivity contribution >= 4 is 10.9 Å². The highest BCUT2D eigenvalue weighted by atomic mass is 32.2. The fraction of sp³-hybridized carbons (Fsp3) is 1.00. The lowest BCUT2D eigenvalue weighted by molar-refractivity contribution is 0.523. The van der Waals surface area contributed by atoms with Gasteiger partial charge in [0.15, 0.2) is 0 Å². The maximum Gasteiger partial charge on any atom is 0.107 e. The van der Waals surface area contributed by atoms with Crippen molar-refractivity contribution in [2.24, 2.45) is 0 Å². The van der Waals surface area contributed by atoms with E-state index in [-0.39, 0.29) is 0 Å². The van der Waals surface area contributed by atoms with Gasteiger partial charge >= 0.3 is 0 Å². The summed E-state index contributed by atoms with van der Waals surface area (Å²) >= 11 is 0. The van der Waals surface area contributed by atoms with Crippen LogP contribution >= 0.6 is 0 Å². The second-order valence-electron chi connectivity index (χ2n) is 8.91. The summed E-state index contributed by atoms with van der Waals surface area (Å²) in [7, 11) is 0.711. The van der Waals surface area contributed by atoms with Crippen molar-refractivity contribution in [3.63, 3.8) is 0 Å². The second-order valence-corrected chi connectivity index (χ2v) is 11.3. The van der Waals surface area contributed by atoms with E-state index in [0.29, 0.717) is 10.9 Å². The smallest absolute Gasteiger partial charge is 0.0654 e. The van der Waals surface area contributed by atoms with Crippen LogP contribution in [0.1, 0.15) is 149 Å². The van der Waals surface area contributed by atoms with Crippen molar-refractivity contribution < 1.29 is 0 Å². The highest BCUT2D eigenvalue weighted by Gasteiger charge is 2.07. The molecule has 164 valence electrons. The minimum Gasteiger partial charge on any atom is -0.0654 e. The van der Waals surface area contributed by atoms with Crippen LogP contribution in [0.3, 0.4) is 0 Å². The molecule has 0 nitrogen and oxygen atoms in total. The molecule has 0 amide bonds. The van der Waals surface area contributed by atoms with Crippen molar-refractivity contribution in [2.75, 3.05) is 17.8 Å². The number of unbranched alkanes of at least 4 members (excludes halogenated alkanes) is 19. The summed E-state index contributed by atoms with van der Waals surface area (Å²) in [6.07, 6.45) is 33.4. The number of rotatable bonds is 23. The van der Waals surface area contributed by atoms with E-state index < -0.39 is 0 Å². The van der Waals surface area contributed by atoms with Gasteiger partial charge in [0.25, 0.3) is 0 Å². The first kappa shape index (κ1) is 27.4. The van der Waals surface area contributed by atoms with Crippen LogP contribution in [0.5, 0.6) is 0 Å². The standard InChI is InChI=1S/C26H55S/c1-4-6-7-8-9-10-11-12-13-14-15-16-17-18-19-20-21-22-23-24-26-27(3)25-5-2/h4-26H2,1-3H3/q+1. The average molecular weight is 400 g/mol. The van der Waals surface area contributed by atoms with Crippen LogP contribution in [0.15, 0.2) is 0 Å². The zero-order chi connectivity index (χ0) is 19.8. The van der Waals surface area contributed by atoms with E-state index in [0.717, 1.165) is 0 Å². The maximum absolute atomic E-state index is 2.46. The molecule has 0 saturated carbocycles. The van der Waals surface area contributed by atoms with Crippen LogP contribution in [0, 0.1) is 0 Å². The molecular formula is C26H55S+. The predicted molar refractivity (Wildman–Crippen MR) is 131 cm³/mol. The summed E-state index contributed by atoms with van der Waals surface area (Å²) in [5, 5.41) is 0. The lowest BCUT2D eigenvalue weighted by Gasteiger charge is -2.04. The van der Waals surface area contributed by atoms with E-state index in [1.54, 1.807) is 0 Å². The predicted octanol–water partition coefficient (Wildman–Crippen LogP) is 9.47. The average Bonchev–Trinajstić information content (AvgIpc) is 2.66. The van der Waals surface area contributed by atoms with Crippen LogP contribution in [-0.2, 0) is 10.9 Å². The zero-order valence-corrected chi connectivity index (χ0v) is 20.5. The highest BCUT2D eigenvalue weighted by molar-refractivity contribution is 7.96. The molecule has 27 heavy (non-hydrogen) atoms. The Morgan fingerprint density at radius 2 is 0.630 bits per heavy atom. The Hall–Kier alpha value is 0.350. The van der Waals surface area contributed by atoms with Gasteiger partial charge < -0.3 is 0 Å². The molecule has 1 heteroatoms. The van der Waals surface area contributed by atoms with Gasteiger partial charge in [0, 0.05) is 0 Å². The zero-order valence-electron chi connectivity index (χ0n) is 19.7. The van der Waals surface area contributed by atoms with Crippen LogP contribution in [0.2, 0.25) is 0 Å². The summed E-state index contributed by atoms with van der Waals surface area (Å²) in [4.78, 5) is 0. The topological polar surface area (TPSA) is 0 Å². The highest BCUT2D eigenvalue weighted by Crippen LogP contribution is 2.15. The van der Waals surface area contributed by atoms with Gasteiger partial charge in [-0.2, -0.15) is 0 Å². The monoisotopic (exact) mass is 399 g/mol. The Bertz CT molecular complexity index is 251. The van der Waals surface area contributed by atoms with E-state index in [9.17, 15) is 0 Å². The van der Waals surface area contributed by atoms with Crippen LogP contribution in [0.4, 0.5) is 0 Å². The summed E-state index contributed by atoms with van der Waals surface area (Å²) in [6, 6.07) is 0. The molecule has 0 aliphatic heterocycles. The summed E-state index contributed by atoms with van der Waals surface area (Å²) < 4.78 is 0. The van der Waals surface area contributed by atoms with Crippen LogP contribution < -0.4 is 0 Å². The van der Waals surface area contributed by atoms with Gasteiger partial charge in [-0.25, -0.2) is 0 Å². The van der Waals surface area contributed by atoms with Gasteiger partial charge in [0.1, 0.15) is 11.5 Å². The van der Waals surface area contributed by atoms with E-state index in [1.807, 2.05) is 0 Å². The SMILES string of the molecule is CCCCCCCCCCCCCCCCCCCCCC[S+](C)CCC. The summed E-state index contributed by atoms with van der Waals surface area (Å²) in [5.41, 5.74) is 0. The Morgan fingerprint density at radius 3 is 0.926 bits per heavy atom. The molecule has 0 aliphatic carbocycles. The minimum atomic E-state index is 0.711. The molecule has 1 atom stereocenters. The first-order valence-corrected chi connectivity index (χ1v) is 14.9. The van der Waals surface area contributed by atoms with E-state index in [1.165, 1.54) is 146 Å². The minimum absolute atomic E-state index is 0.711. The molecule has 0 heterocycles. The molecule has 0 fully saturated rings. The molecule has 0 aromatic rings. The Morgan fingerprint density at radius 1 is 0.333 bits per heavy atom. The molecule has 0 saturated heterocycles. The van der Waals surface area contributed by atoms with Gasteiger partial charge in [-0.1, -0.05) is 129 Å². The molecule has 1 unspecified atom stereocenters. The van der Waals surface area contributed by atoms with Gasteiger partial charge in [-0.15, -0.1) is 0 Å². The van der Waals surface area contributed by atoms with Crippen LogP contribution in [0.25, 0.3) is 0 Å². The summed E-state index contributed by atoms with van der Waals surface area (Å²) in [5.74, 6) is 2.95. The molecule has 0 aliphatic rings. The molecule has 0 radical (unpaired) electrons. The lowest BCUT2D eigenvalue weighted by atomic mass is 10.0. The van der Waals surface area contributed by atoms with Crippen molar-refractivity contribution in [3.05, 3.63) is 0 Å². The Kier molecular flexibility index (Phi) is 24.7. The Labute approximate surface area is 177 Å². The quantitative estimate of drug-likeness (QED) is 0.118. The fourth-order valence-electron chi connectivity index (χ4n) is 4.05. The van der Waals surface area contributed by atoms with E-state index >= 15 is 0 Å². The van der Waals surface area contributed by atoms with Crippen molar-refractivity contribution in [3.8, 4) is 0 Å². The fourth-order valence-corrected chi connectivity index (χ4v) is 5.65. The van der Waals surface area contributed by atoms with Crippen molar-refractivity contribution in [1.82, 2.24) is 0 Å². The second kappa shape index (κ2) is 24.4. The largest absolute Gasteiger partial charge is 0.107 e. The normalized spacial score (nSPS) is 12.6. The lowest BCUT2D eigenvalue weighted by Crippen LogP contribution is -2.08. The third-order valence-corrected chi connectivity index (χ3v) is 7.99. The molecule has 0 bridgehead atoms. The van der Waals surface area contributed by atoms with Crippen molar-refractivity contribution in [2.45, 2.75) is 149 Å². The first-order valence-electron chi connectivity index (χ1n) is 12.9. The maximum atomic E-state index is 2.46. The molecule has 0 N–H and O–H groups in total. The first-order chi connectivity index (χ1) is 13.3. The third kappa shape index (κ3) is 24.3. The number of hydrogen-bond donors (Lipinski definition) is 0. The molecule has 0 aromatic carbocycles. The molecule has 0 aromatic heterocycles. The van der Waals surface area contributed by atoms with Crippen LogP contribution in [-0.4, -0.2) is 17.8 Å². The third-order valence-electron chi connectivity index (χ3n) is 5.90. The van der Waals surface area contributed by atoms with Crippen molar-refractivity contribution in [1.29, 1.82) is 0 Å².